The van der Waals surface area contributed by atoms with E-state index in [4.69, 9.17) is 21.1 Å². The topological polar surface area (TPSA) is 114 Å². The molecule has 0 saturated carbocycles. The Hall–Kier alpha value is -4.39. The quantitative estimate of drug-likeness (QED) is 0.0994. The summed E-state index contributed by atoms with van der Waals surface area (Å²) in [4.78, 5) is 23.2. The molecule has 8 nitrogen and oxygen atoms in total. The second kappa shape index (κ2) is 11.8. The second-order valence-corrected chi connectivity index (χ2v) is 9.27. The Morgan fingerprint density at radius 2 is 1.92 bits per heavy atom. The van der Waals surface area contributed by atoms with E-state index in [1.807, 2.05) is 48.5 Å². The number of nitrogens with zero attached hydrogens (tertiary/aromatic N) is 2. The fourth-order valence-corrected chi connectivity index (χ4v) is 4.54. The zero-order valence-corrected chi connectivity index (χ0v) is 22.2. The number of fused-ring (bicyclic) bond motifs is 1. The van der Waals surface area contributed by atoms with Gasteiger partial charge in [0.15, 0.2) is 11.5 Å². The summed E-state index contributed by atoms with van der Waals surface area (Å²) in [6, 6.07) is 23.0. The van der Waals surface area contributed by atoms with E-state index in [1.165, 1.54) is 25.3 Å². The molecular weight excluding hydrogens is 574 g/mol. The van der Waals surface area contributed by atoms with E-state index in [0.29, 0.717) is 28.1 Å². The molecule has 38 heavy (non-hydrogen) atoms. The zero-order chi connectivity index (χ0) is 27.2. The minimum absolute atomic E-state index is 0.0660. The van der Waals surface area contributed by atoms with Crippen molar-refractivity contribution in [1.29, 1.82) is 5.26 Å². The average Bonchev–Trinajstić information content (AvgIpc) is 2.91. The number of rotatable bonds is 8. The summed E-state index contributed by atoms with van der Waals surface area (Å²) >= 11 is 9.32. The van der Waals surface area contributed by atoms with E-state index in [1.54, 1.807) is 12.1 Å². The lowest BCUT2D eigenvalue weighted by molar-refractivity contribution is -0.384. The van der Waals surface area contributed by atoms with Gasteiger partial charge in [-0.1, -0.05) is 54.1 Å². The number of carbonyl (C=O) groups is 1. The van der Waals surface area contributed by atoms with E-state index in [2.05, 4.69) is 21.2 Å². The largest absolute Gasteiger partial charge is 0.493 e. The lowest BCUT2D eigenvalue weighted by Crippen LogP contribution is -2.13. The van der Waals surface area contributed by atoms with Crippen LogP contribution in [0.5, 0.6) is 11.5 Å². The maximum Gasteiger partial charge on any atom is 0.289 e. The highest BCUT2D eigenvalue weighted by Crippen LogP contribution is 2.38. The maximum absolute atomic E-state index is 12.7. The second-order valence-electron chi connectivity index (χ2n) is 8.01. The fraction of sp³-hybridized carbons (Fsp3) is 0.0714. The van der Waals surface area contributed by atoms with Gasteiger partial charge >= 0.3 is 0 Å². The molecule has 4 aromatic rings. The molecule has 0 aromatic heterocycles. The average molecular weight is 593 g/mol. The number of hydrogen-bond acceptors (Lipinski definition) is 6. The van der Waals surface area contributed by atoms with Crippen LogP contribution >= 0.6 is 27.5 Å². The Labute approximate surface area is 231 Å². The lowest BCUT2D eigenvalue weighted by atomic mass is 10.1. The Morgan fingerprint density at radius 3 is 2.66 bits per heavy atom. The predicted molar refractivity (Wildman–Crippen MR) is 149 cm³/mol. The molecule has 0 atom stereocenters. The summed E-state index contributed by atoms with van der Waals surface area (Å²) in [6.45, 7) is 0.296. The van der Waals surface area contributed by atoms with E-state index < -0.39 is 10.8 Å². The first-order valence-corrected chi connectivity index (χ1v) is 12.3. The van der Waals surface area contributed by atoms with Crippen LogP contribution in [-0.2, 0) is 11.4 Å². The molecule has 4 rings (SSSR count). The molecule has 0 bridgehead atoms. The van der Waals surface area contributed by atoms with Crippen molar-refractivity contribution >= 4 is 61.7 Å². The Kier molecular flexibility index (Phi) is 8.26. The van der Waals surface area contributed by atoms with Gasteiger partial charge in [-0.2, -0.15) is 5.26 Å². The molecule has 0 spiro atoms. The number of benzene rings is 4. The first-order chi connectivity index (χ1) is 18.3. The van der Waals surface area contributed by atoms with Gasteiger partial charge in [-0.3, -0.25) is 14.9 Å². The third-order valence-electron chi connectivity index (χ3n) is 5.58. The molecule has 0 unspecified atom stereocenters. The van der Waals surface area contributed by atoms with Crippen molar-refractivity contribution in [3.05, 3.63) is 109 Å². The van der Waals surface area contributed by atoms with Crippen LogP contribution in [0.15, 0.2) is 82.8 Å². The zero-order valence-electron chi connectivity index (χ0n) is 19.9. The summed E-state index contributed by atoms with van der Waals surface area (Å²) in [6.07, 6.45) is 1.38. The number of ether oxygens (including phenoxy) is 2. The van der Waals surface area contributed by atoms with Crippen molar-refractivity contribution in [2.75, 3.05) is 12.4 Å². The number of nitro benzene ring substituents is 1. The Morgan fingerprint density at radius 1 is 1.16 bits per heavy atom. The number of halogens is 2. The predicted octanol–water partition coefficient (Wildman–Crippen LogP) is 7.30. The van der Waals surface area contributed by atoms with Gasteiger partial charge in [0.1, 0.15) is 23.3 Å². The summed E-state index contributed by atoms with van der Waals surface area (Å²) in [5, 5.41) is 25.3. The molecule has 0 aliphatic rings. The van der Waals surface area contributed by atoms with Crippen LogP contribution in [0.1, 0.15) is 11.1 Å². The van der Waals surface area contributed by atoms with Crippen molar-refractivity contribution in [3.63, 3.8) is 0 Å². The van der Waals surface area contributed by atoms with Gasteiger partial charge in [-0.15, -0.1) is 0 Å². The minimum Gasteiger partial charge on any atom is -0.493 e. The van der Waals surface area contributed by atoms with E-state index >= 15 is 0 Å². The van der Waals surface area contributed by atoms with E-state index in [-0.39, 0.29) is 22.0 Å². The Balaban J connectivity index is 1.57. The van der Waals surface area contributed by atoms with Crippen LogP contribution in [0.25, 0.3) is 16.8 Å². The number of anilines is 1. The third kappa shape index (κ3) is 5.94. The number of methoxy groups -OCH3 is 1. The first-order valence-electron chi connectivity index (χ1n) is 11.1. The SMILES string of the molecule is COc1cc(/C=C(\C#N)C(=O)Nc2ccc(Cl)c([N+](=O)[O-])c2)cc(Br)c1OCc1cccc2ccccc12. The van der Waals surface area contributed by atoms with Crippen molar-refractivity contribution in [2.45, 2.75) is 6.61 Å². The molecule has 0 aliphatic heterocycles. The highest BCUT2D eigenvalue weighted by Gasteiger charge is 2.17. The lowest BCUT2D eigenvalue weighted by Gasteiger charge is -2.15. The molecule has 0 heterocycles. The summed E-state index contributed by atoms with van der Waals surface area (Å²) in [5.41, 5.74) is 1.05. The molecule has 0 radical (unpaired) electrons. The number of nitro groups is 1. The van der Waals surface area contributed by atoms with Gasteiger partial charge in [-0.05, 0) is 68.2 Å². The van der Waals surface area contributed by atoms with Crippen LogP contribution in [0.2, 0.25) is 5.02 Å². The molecular formula is C28H19BrClN3O5. The molecule has 0 aliphatic carbocycles. The number of amides is 1. The highest BCUT2D eigenvalue weighted by molar-refractivity contribution is 9.10. The molecule has 10 heteroatoms. The fourth-order valence-electron chi connectivity index (χ4n) is 3.78. The van der Waals surface area contributed by atoms with E-state index in [9.17, 15) is 20.2 Å². The first kappa shape index (κ1) is 26.7. The van der Waals surface area contributed by atoms with Crippen molar-refractivity contribution < 1.29 is 19.2 Å². The molecule has 1 amide bonds. The van der Waals surface area contributed by atoms with Gasteiger partial charge < -0.3 is 14.8 Å². The normalized spacial score (nSPS) is 11.1. The van der Waals surface area contributed by atoms with Crippen LogP contribution in [0, 0.1) is 21.4 Å². The number of carbonyl (C=O) groups excluding carboxylic acids is 1. The van der Waals surface area contributed by atoms with E-state index in [0.717, 1.165) is 22.4 Å². The van der Waals surface area contributed by atoms with Gasteiger partial charge in [0.05, 0.1) is 16.5 Å². The van der Waals surface area contributed by atoms with Gasteiger partial charge in [0.25, 0.3) is 11.6 Å². The van der Waals surface area contributed by atoms with Crippen molar-refractivity contribution in [1.82, 2.24) is 0 Å². The summed E-state index contributed by atoms with van der Waals surface area (Å²) in [7, 11) is 1.49. The Bertz CT molecular complexity index is 1630. The molecule has 190 valence electrons. The molecule has 4 aromatic carbocycles. The summed E-state index contributed by atoms with van der Waals surface area (Å²) in [5.74, 6) is 0.126. The molecule has 1 N–H and O–H groups in total. The monoisotopic (exact) mass is 591 g/mol. The number of nitriles is 1. The maximum atomic E-state index is 12.7. The van der Waals surface area contributed by atoms with Gasteiger partial charge in [0.2, 0.25) is 0 Å². The highest BCUT2D eigenvalue weighted by atomic mass is 79.9. The van der Waals surface area contributed by atoms with Crippen LogP contribution in [-0.4, -0.2) is 17.9 Å². The molecule has 0 saturated heterocycles. The van der Waals surface area contributed by atoms with Gasteiger partial charge in [0, 0.05) is 11.8 Å². The van der Waals surface area contributed by atoms with Crippen molar-refractivity contribution in [2.24, 2.45) is 0 Å². The standard InChI is InChI=1S/C28H19BrClN3O5/c1-37-26-13-17(11-20(15-31)28(34)32-21-9-10-24(30)25(14-21)33(35)36)12-23(29)27(26)38-16-19-7-4-6-18-5-2-3-8-22(18)19/h2-14H,16H2,1H3,(H,32,34)/b20-11+. The number of nitrogens with one attached hydrogen (secondary N) is 1. The minimum atomic E-state index is -0.740. The van der Waals surface area contributed by atoms with Gasteiger partial charge in [-0.25, -0.2) is 0 Å². The number of hydrogen-bond donors (Lipinski definition) is 1. The van der Waals surface area contributed by atoms with Crippen molar-refractivity contribution in [3.8, 4) is 17.6 Å². The van der Waals surface area contributed by atoms with Crippen LogP contribution in [0.4, 0.5) is 11.4 Å². The molecule has 0 fully saturated rings. The third-order valence-corrected chi connectivity index (χ3v) is 6.49. The smallest absolute Gasteiger partial charge is 0.289 e. The van der Waals surface area contributed by atoms with Crippen LogP contribution < -0.4 is 14.8 Å². The van der Waals surface area contributed by atoms with Crippen LogP contribution in [0.3, 0.4) is 0 Å². The summed E-state index contributed by atoms with van der Waals surface area (Å²) < 4.78 is 12.2.